The van der Waals surface area contributed by atoms with Gasteiger partial charge in [0.2, 0.25) is 0 Å². The third kappa shape index (κ3) is 2.81. The number of nitrogens with zero attached hydrogens (tertiary/aromatic N) is 1. The Bertz CT molecular complexity index is 848. The van der Waals surface area contributed by atoms with Gasteiger partial charge < -0.3 is 10.5 Å². The van der Waals surface area contributed by atoms with Crippen LogP contribution >= 0.6 is 15.9 Å². The van der Waals surface area contributed by atoms with Crippen LogP contribution in [0.2, 0.25) is 0 Å². The van der Waals surface area contributed by atoms with Crippen molar-refractivity contribution in [1.82, 2.24) is 4.57 Å². The van der Waals surface area contributed by atoms with Gasteiger partial charge in [-0.15, -0.1) is 0 Å². The number of carbonyl (C=O) groups excluding carboxylic acids is 1. The van der Waals surface area contributed by atoms with Crippen LogP contribution in [-0.2, 0) is 4.94 Å². The highest BCUT2D eigenvalue weighted by molar-refractivity contribution is 9.10. The fraction of sp³-hybridized carbons (Fsp3) is 0.200. The van der Waals surface area contributed by atoms with Gasteiger partial charge in [0.15, 0.2) is 0 Å². The van der Waals surface area contributed by atoms with E-state index in [9.17, 15) is 14.1 Å². The number of methoxy groups -OCH3 is 1. The molecule has 1 aromatic heterocycles. The van der Waals surface area contributed by atoms with Gasteiger partial charge in [-0.3, -0.25) is 9.36 Å². The largest absolute Gasteiger partial charge is 0.496 e. The van der Waals surface area contributed by atoms with Crippen molar-refractivity contribution in [3.63, 3.8) is 0 Å². The third-order valence-electron chi connectivity index (χ3n) is 3.51. The van der Waals surface area contributed by atoms with Crippen LogP contribution in [0.1, 0.15) is 21.5 Å². The zero-order valence-corrected chi connectivity index (χ0v) is 14.2. The Morgan fingerprint density at radius 3 is 2.57 bits per heavy atom. The van der Waals surface area contributed by atoms with Crippen LogP contribution in [-0.4, -0.2) is 17.6 Å². The van der Waals surface area contributed by atoms with Crippen LogP contribution in [0, 0.1) is 13.8 Å². The van der Waals surface area contributed by atoms with Gasteiger partial charge in [-0.05, 0) is 47.5 Å². The van der Waals surface area contributed by atoms with E-state index in [2.05, 4.69) is 20.9 Å². The van der Waals surface area contributed by atoms with Gasteiger partial charge in [0.1, 0.15) is 17.1 Å². The van der Waals surface area contributed by atoms with Gasteiger partial charge in [-0.25, -0.2) is 9.74 Å². The highest BCUT2D eigenvalue weighted by Crippen LogP contribution is 2.30. The first kappa shape index (κ1) is 17.0. The maximum absolute atomic E-state index is 12.5. The van der Waals surface area contributed by atoms with Crippen molar-refractivity contribution in [3.05, 3.63) is 49.7 Å². The molecule has 0 spiro atoms. The van der Waals surface area contributed by atoms with Crippen molar-refractivity contribution < 1.29 is 19.0 Å². The summed E-state index contributed by atoms with van der Waals surface area (Å²) >= 11 is 3.06. The first-order valence-corrected chi connectivity index (χ1v) is 7.31. The molecule has 122 valence electrons. The number of hydrogen-bond acceptors (Lipinski definition) is 5. The number of aryl methyl sites for hydroxylation is 1. The van der Waals surface area contributed by atoms with Crippen molar-refractivity contribution in [2.45, 2.75) is 13.8 Å². The smallest absolute Gasteiger partial charge is 0.383 e. The average molecular weight is 385 g/mol. The SMILES string of the molecule is COc1ccc(C)c(-n2c(N)c(C(=O)OF)cc(Br)c2=O)c1C. The topological polar surface area (TPSA) is 83.6 Å². The maximum Gasteiger partial charge on any atom is 0.383 e. The zero-order valence-electron chi connectivity index (χ0n) is 12.6. The number of rotatable bonds is 3. The molecule has 0 saturated heterocycles. The Morgan fingerprint density at radius 2 is 2.00 bits per heavy atom. The minimum Gasteiger partial charge on any atom is -0.496 e. The molecule has 0 fully saturated rings. The maximum atomic E-state index is 12.5. The van der Waals surface area contributed by atoms with E-state index in [1.54, 1.807) is 26.0 Å². The van der Waals surface area contributed by atoms with Crippen LogP contribution < -0.4 is 16.0 Å². The highest BCUT2D eigenvalue weighted by Gasteiger charge is 2.22. The van der Waals surface area contributed by atoms with E-state index in [-0.39, 0.29) is 15.9 Å². The number of carbonyl (C=O) groups is 1. The van der Waals surface area contributed by atoms with E-state index in [0.29, 0.717) is 17.0 Å². The quantitative estimate of drug-likeness (QED) is 0.879. The van der Waals surface area contributed by atoms with Gasteiger partial charge in [-0.2, -0.15) is 0 Å². The minimum absolute atomic E-state index is 0.0497. The fourth-order valence-electron chi connectivity index (χ4n) is 2.41. The molecule has 0 aliphatic rings. The highest BCUT2D eigenvalue weighted by atomic mass is 79.9. The second-order valence-electron chi connectivity index (χ2n) is 4.85. The molecule has 0 atom stereocenters. The number of ether oxygens (including phenoxy) is 1. The molecule has 1 heterocycles. The van der Waals surface area contributed by atoms with Crippen LogP contribution in [0.5, 0.6) is 5.75 Å². The number of anilines is 1. The number of benzene rings is 1. The van der Waals surface area contributed by atoms with Crippen molar-refractivity contribution in [2.24, 2.45) is 0 Å². The predicted molar refractivity (Wildman–Crippen MR) is 86.7 cm³/mol. The summed E-state index contributed by atoms with van der Waals surface area (Å²) in [5, 5.41) is 0. The standard InChI is InChI=1S/C15H14BrFN2O4/c1-7-4-5-11(22-3)8(2)12(7)19-13(18)9(15(21)23-17)6-10(16)14(19)20/h4-6H,18H2,1-3H3. The van der Waals surface area contributed by atoms with E-state index in [0.717, 1.165) is 16.2 Å². The van der Waals surface area contributed by atoms with E-state index >= 15 is 0 Å². The van der Waals surface area contributed by atoms with Gasteiger partial charge in [0.05, 0.1) is 17.3 Å². The fourth-order valence-corrected chi connectivity index (χ4v) is 2.81. The zero-order chi connectivity index (χ0) is 17.3. The lowest BCUT2D eigenvalue weighted by Gasteiger charge is -2.18. The van der Waals surface area contributed by atoms with E-state index in [4.69, 9.17) is 10.5 Å². The molecule has 0 radical (unpaired) electrons. The van der Waals surface area contributed by atoms with Crippen LogP contribution in [0.15, 0.2) is 27.5 Å². The van der Waals surface area contributed by atoms with Gasteiger partial charge >= 0.3 is 5.97 Å². The summed E-state index contributed by atoms with van der Waals surface area (Å²) in [5.74, 6) is -0.957. The molecule has 0 amide bonds. The number of aromatic nitrogens is 1. The second kappa shape index (κ2) is 6.41. The van der Waals surface area contributed by atoms with Crippen molar-refractivity contribution in [3.8, 4) is 11.4 Å². The van der Waals surface area contributed by atoms with Gasteiger partial charge in [0.25, 0.3) is 5.56 Å². The average Bonchev–Trinajstić information content (AvgIpc) is 2.53. The number of nitrogen functional groups attached to an aromatic ring is 1. The molecule has 0 unspecified atom stereocenters. The normalized spacial score (nSPS) is 10.5. The molecule has 8 heteroatoms. The van der Waals surface area contributed by atoms with E-state index in [1.165, 1.54) is 7.11 Å². The number of halogens is 2. The lowest BCUT2D eigenvalue weighted by molar-refractivity contribution is -0.0787. The van der Waals surface area contributed by atoms with Crippen molar-refractivity contribution >= 4 is 27.7 Å². The van der Waals surface area contributed by atoms with Gasteiger partial charge in [0, 0.05) is 10.1 Å². The third-order valence-corrected chi connectivity index (χ3v) is 4.08. The molecular formula is C15H14BrFN2O4. The summed E-state index contributed by atoms with van der Waals surface area (Å²) in [6.45, 7) is 3.53. The molecule has 0 aliphatic heterocycles. The molecular weight excluding hydrogens is 371 g/mol. The molecule has 2 aromatic rings. The molecule has 23 heavy (non-hydrogen) atoms. The van der Waals surface area contributed by atoms with Crippen LogP contribution in [0.4, 0.5) is 10.3 Å². The Morgan fingerprint density at radius 1 is 1.35 bits per heavy atom. The second-order valence-corrected chi connectivity index (χ2v) is 5.71. The Labute approximate surface area is 139 Å². The van der Waals surface area contributed by atoms with Crippen molar-refractivity contribution in [1.29, 1.82) is 0 Å². The Balaban J connectivity index is 2.92. The number of pyridine rings is 1. The Hall–Kier alpha value is -2.35. The molecule has 0 aliphatic carbocycles. The Kier molecular flexibility index (Phi) is 4.74. The first-order valence-electron chi connectivity index (χ1n) is 6.52. The predicted octanol–water partition coefficient (Wildman–Crippen LogP) is 2.85. The summed E-state index contributed by atoms with van der Waals surface area (Å²) in [5.41, 5.74) is 7.02. The van der Waals surface area contributed by atoms with Crippen molar-refractivity contribution in [2.75, 3.05) is 12.8 Å². The summed E-state index contributed by atoms with van der Waals surface area (Å²) in [6, 6.07) is 4.63. The molecule has 6 nitrogen and oxygen atoms in total. The summed E-state index contributed by atoms with van der Waals surface area (Å²) in [6.07, 6.45) is 0. The molecule has 2 N–H and O–H groups in total. The van der Waals surface area contributed by atoms with E-state index < -0.39 is 11.5 Å². The molecule has 2 rings (SSSR count). The van der Waals surface area contributed by atoms with Crippen LogP contribution in [0.25, 0.3) is 5.69 Å². The van der Waals surface area contributed by atoms with Gasteiger partial charge in [-0.1, -0.05) is 6.07 Å². The first-order chi connectivity index (χ1) is 10.8. The summed E-state index contributed by atoms with van der Waals surface area (Å²) in [7, 11) is 1.50. The number of hydrogen-bond donors (Lipinski definition) is 1. The molecule has 0 saturated carbocycles. The molecule has 0 bridgehead atoms. The molecule has 1 aromatic carbocycles. The monoisotopic (exact) mass is 384 g/mol. The lowest BCUT2D eigenvalue weighted by atomic mass is 10.1. The lowest BCUT2D eigenvalue weighted by Crippen LogP contribution is -2.26. The summed E-state index contributed by atoms with van der Waals surface area (Å²) < 4.78 is 18.7. The summed E-state index contributed by atoms with van der Waals surface area (Å²) in [4.78, 5) is 27.3. The number of nitrogens with two attached hydrogens (primary N) is 1. The van der Waals surface area contributed by atoms with E-state index in [1.807, 2.05) is 0 Å². The van der Waals surface area contributed by atoms with Crippen LogP contribution in [0.3, 0.4) is 0 Å². The minimum atomic E-state index is -1.28.